The molecule has 124 valence electrons. The zero-order valence-corrected chi connectivity index (χ0v) is 13.2. The number of carbonyl (C=O) groups excluding carboxylic acids is 2. The largest absolute Gasteiger partial charge is 0.480 e. The molecule has 0 spiro atoms. The minimum atomic E-state index is -0.639. The fraction of sp³-hybridized carbons (Fsp3) is 0.562. The highest BCUT2D eigenvalue weighted by Crippen LogP contribution is 2.32. The lowest BCUT2D eigenvalue weighted by Gasteiger charge is -2.28. The van der Waals surface area contributed by atoms with Gasteiger partial charge in [-0.3, -0.25) is 9.59 Å². The summed E-state index contributed by atoms with van der Waals surface area (Å²) in [6.07, 6.45) is 6.50. The van der Waals surface area contributed by atoms with Crippen molar-refractivity contribution in [2.45, 2.75) is 44.2 Å². The maximum Gasteiger partial charge on any atom is 0.254 e. The minimum Gasteiger partial charge on any atom is -0.480 e. The van der Waals surface area contributed by atoms with Crippen LogP contribution in [0.2, 0.25) is 0 Å². The smallest absolute Gasteiger partial charge is 0.254 e. The van der Waals surface area contributed by atoms with Gasteiger partial charge in [0.2, 0.25) is 11.8 Å². The van der Waals surface area contributed by atoms with Gasteiger partial charge < -0.3 is 21.1 Å². The van der Waals surface area contributed by atoms with Gasteiger partial charge in [0.1, 0.15) is 5.56 Å². The van der Waals surface area contributed by atoms with E-state index in [-0.39, 0.29) is 17.4 Å². The molecule has 2 aliphatic rings. The number of methoxy groups -OCH3 is 1. The molecular formula is C16H22N4O3. The zero-order chi connectivity index (χ0) is 16.4. The molecule has 1 aromatic rings. The van der Waals surface area contributed by atoms with E-state index in [4.69, 9.17) is 10.5 Å². The first-order chi connectivity index (χ1) is 11.0. The molecule has 7 heteroatoms. The second kappa shape index (κ2) is 6.54. The number of hydrogen-bond donors (Lipinski definition) is 3. The van der Waals surface area contributed by atoms with Gasteiger partial charge in [-0.05, 0) is 37.7 Å². The molecule has 0 aliphatic carbocycles. The molecule has 0 aromatic carbocycles. The number of anilines is 1. The molecule has 2 aliphatic heterocycles. The highest BCUT2D eigenvalue weighted by atomic mass is 16.5. The Kier molecular flexibility index (Phi) is 4.47. The van der Waals surface area contributed by atoms with Crippen LogP contribution in [0.4, 0.5) is 5.69 Å². The first-order valence-corrected chi connectivity index (χ1v) is 7.95. The number of rotatable bonds is 5. The van der Waals surface area contributed by atoms with Crippen LogP contribution in [0.25, 0.3) is 0 Å². The van der Waals surface area contributed by atoms with E-state index in [1.54, 1.807) is 0 Å². The summed E-state index contributed by atoms with van der Waals surface area (Å²) in [7, 11) is 1.42. The Morgan fingerprint density at radius 3 is 2.70 bits per heavy atom. The number of piperidine rings is 1. The predicted octanol–water partition coefficient (Wildman–Crippen LogP) is 1.05. The van der Waals surface area contributed by atoms with E-state index in [1.807, 2.05) is 0 Å². The van der Waals surface area contributed by atoms with E-state index >= 15 is 0 Å². The molecule has 2 saturated heterocycles. The summed E-state index contributed by atoms with van der Waals surface area (Å²) in [5.74, 6) is -0.125. The Hall–Kier alpha value is -2.15. The quantitative estimate of drug-likeness (QED) is 0.752. The second-order valence-electron chi connectivity index (χ2n) is 6.37. The van der Waals surface area contributed by atoms with Gasteiger partial charge in [0.15, 0.2) is 0 Å². The number of ether oxygens (including phenoxy) is 1. The van der Waals surface area contributed by atoms with Gasteiger partial charge in [-0.15, -0.1) is 0 Å². The van der Waals surface area contributed by atoms with Crippen LogP contribution < -0.4 is 21.1 Å². The number of fused-ring (bicyclic) bond motifs is 2. The number of nitrogens with two attached hydrogens (primary N) is 1. The third-order valence-electron chi connectivity index (χ3n) is 4.64. The average molecular weight is 318 g/mol. The standard InChI is InChI=1S/C16H22N4O3/c1-23-16-13(15(17)22)7-12(8-18-16)20-14(21)6-9-4-10-2-3-11(5-9)19-10/h7-11,19H,2-6H2,1H3,(H2,17,22)(H,20,21). The van der Waals surface area contributed by atoms with E-state index < -0.39 is 5.91 Å². The molecule has 23 heavy (non-hydrogen) atoms. The average Bonchev–Trinajstić information content (AvgIpc) is 2.85. The Morgan fingerprint density at radius 1 is 1.39 bits per heavy atom. The lowest BCUT2D eigenvalue weighted by Crippen LogP contribution is -2.39. The summed E-state index contributed by atoms with van der Waals surface area (Å²) in [5.41, 5.74) is 5.92. The van der Waals surface area contributed by atoms with Crippen molar-refractivity contribution in [1.29, 1.82) is 0 Å². The SMILES string of the molecule is COc1ncc(NC(=O)CC2CC3CCC(C2)N3)cc1C(N)=O. The number of hydrogen-bond acceptors (Lipinski definition) is 5. The summed E-state index contributed by atoms with van der Waals surface area (Å²) in [6, 6.07) is 2.63. The Morgan fingerprint density at radius 2 is 2.09 bits per heavy atom. The van der Waals surface area contributed by atoms with E-state index in [0.717, 1.165) is 12.8 Å². The fourth-order valence-electron chi connectivity index (χ4n) is 3.68. The predicted molar refractivity (Wildman–Crippen MR) is 85.2 cm³/mol. The number of nitrogens with zero attached hydrogens (tertiary/aromatic N) is 1. The first kappa shape index (κ1) is 15.7. The van der Waals surface area contributed by atoms with Gasteiger partial charge in [-0.2, -0.15) is 0 Å². The van der Waals surface area contributed by atoms with Crippen molar-refractivity contribution in [3.63, 3.8) is 0 Å². The van der Waals surface area contributed by atoms with Crippen LogP contribution in [-0.2, 0) is 4.79 Å². The Balaban J connectivity index is 1.61. The van der Waals surface area contributed by atoms with Crippen molar-refractivity contribution in [2.75, 3.05) is 12.4 Å². The van der Waals surface area contributed by atoms with Crippen LogP contribution >= 0.6 is 0 Å². The maximum absolute atomic E-state index is 12.2. The zero-order valence-electron chi connectivity index (χ0n) is 13.2. The van der Waals surface area contributed by atoms with E-state index in [2.05, 4.69) is 15.6 Å². The normalized spacial score (nSPS) is 25.9. The van der Waals surface area contributed by atoms with Crippen molar-refractivity contribution >= 4 is 17.5 Å². The van der Waals surface area contributed by atoms with Gasteiger partial charge in [0, 0.05) is 18.5 Å². The van der Waals surface area contributed by atoms with Crippen LogP contribution in [0.15, 0.2) is 12.3 Å². The fourth-order valence-corrected chi connectivity index (χ4v) is 3.68. The number of carbonyl (C=O) groups is 2. The van der Waals surface area contributed by atoms with Crippen LogP contribution in [0.1, 0.15) is 42.5 Å². The highest BCUT2D eigenvalue weighted by Gasteiger charge is 2.34. The number of aromatic nitrogens is 1. The van der Waals surface area contributed by atoms with Gasteiger partial charge in [-0.1, -0.05) is 0 Å². The molecule has 2 atom stereocenters. The molecule has 1 aromatic heterocycles. The first-order valence-electron chi connectivity index (χ1n) is 7.95. The Bertz CT molecular complexity index is 607. The van der Waals surface area contributed by atoms with E-state index in [1.165, 1.54) is 32.2 Å². The summed E-state index contributed by atoms with van der Waals surface area (Å²) >= 11 is 0. The van der Waals surface area contributed by atoms with Crippen molar-refractivity contribution < 1.29 is 14.3 Å². The van der Waals surface area contributed by atoms with E-state index in [0.29, 0.717) is 30.1 Å². The minimum absolute atomic E-state index is 0.0568. The second-order valence-corrected chi connectivity index (χ2v) is 6.37. The van der Waals surface area contributed by atoms with Crippen LogP contribution in [0, 0.1) is 5.92 Å². The molecule has 2 bridgehead atoms. The molecule has 0 radical (unpaired) electrons. The van der Waals surface area contributed by atoms with Crippen LogP contribution in [0.3, 0.4) is 0 Å². The van der Waals surface area contributed by atoms with Crippen molar-refractivity contribution in [1.82, 2.24) is 10.3 Å². The molecule has 7 nitrogen and oxygen atoms in total. The lowest BCUT2D eigenvalue weighted by molar-refractivity contribution is -0.117. The monoisotopic (exact) mass is 318 g/mol. The number of amides is 2. The Labute approximate surface area is 135 Å². The lowest BCUT2D eigenvalue weighted by atomic mass is 9.89. The van der Waals surface area contributed by atoms with Gasteiger partial charge in [-0.25, -0.2) is 4.98 Å². The third-order valence-corrected chi connectivity index (χ3v) is 4.64. The maximum atomic E-state index is 12.2. The number of nitrogens with one attached hydrogen (secondary N) is 2. The van der Waals surface area contributed by atoms with E-state index in [9.17, 15) is 9.59 Å². The molecule has 4 N–H and O–H groups in total. The van der Waals surface area contributed by atoms with Crippen molar-refractivity contribution in [3.05, 3.63) is 17.8 Å². The molecule has 3 rings (SSSR count). The molecule has 0 saturated carbocycles. The van der Waals surface area contributed by atoms with Gasteiger partial charge in [0.25, 0.3) is 5.91 Å². The molecule has 2 fully saturated rings. The molecule has 3 heterocycles. The highest BCUT2D eigenvalue weighted by molar-refractivity contribution is 5.97. The third kappa shape index (κ3) is 3.61. The topological polar surface area (TPSA) is 106 Å². The van der Waals surface area contributed by atoms with Gasteiger partial charge in [0.05, 0.1) is 19.0 Å². The van der Waals surface area contributed by atoms with Gasteiger partial charge >= 0.3 is 0 Å². The van der Waals surface area contributed by atoms with Crippen molar-refractivity contribution in [3.8, 4) is 5.88 Å². The van der Waals surface area contributed by atoms with Crippen LogP contribution in [-0.4, -0.2) is 36.0 Å². The van der Waals surface area contributed by atoms with Crippen LogP contribution in [0.5, 0.6) is 5.88 Å². The summed E-state index contributed by atoms with van der Waals surface area (Å²) in [4.78, 5) is 27.6. The summed E-state index contributed by atoms with van der Waals surface area (Å²) in [6.45, 7) is 0. The molecular weight excluding hydrogens is 296 g/mol. The molecule has 2 amide bonds. The molecule has 2 unspecified atom stereocenters. The number of primary amides is 1. The summed E-state index contributed by atoms with van der Waals surface area (Å²) in [5, 5.41) is 6.37. The number of pyridine rings is 1. The van der Waals surface area contributed by atoms with Crippen molar-refractivity contribution in [2.24, 2.45) is 11.7 Å². The summed E-state index contributed by atoms with van der Waals surface area (Å²) < 4.78 is 4.99.